The Hall–Kier alpha value is -1.80. The van der Waals surface area contributed by atoms with Crippen LogP contribution in [0.25, 0.3) is 0 Å². The Morgan fingerprint density at radius 2 is 2.35 bits per heavy atom. The van der Waals surface area contributed by atoms with Crippen LogP contribution in [-0.2, 0) is 4.74 Å². The highest BCUT2D eigenvalue weighted by molar-refractivity contribution is 9.10. The highest BCUT2D eigenvalue weighted by atomic mass is 79.9. The molecule has 106 valence electrons. The van der Waals surface area contributed by atoms with Gasteiger partial charge in [-0.2, -0.15) is 4.98 Å². The predicted molar refractivity (Wildman–Crippen MR) is 70.4 cm³/mol. The van der Waals surface area contributed by atoms with Crippen molar-refractivity contribution in [1.82, 2.24) is 10.1 Å². The van der Waals surface area contributed by atoms with E-state index in [9.17, 15) is 9.18 Å². The van der Waals surface area contributed by atoms with Crippen LogP contribution in [0, 0.1) is 5.82 Å². The van der Waals surface area contributed by atoms with E-state index in [-0.39, 0.29) is 23.9 Å². The molecule has 0 spiro atoms. The maximum absolute atomic E-state index is 13.7. The zero-order valence-electron chi connectivity index (χ0n) is 10.5. The van der Waals surface area contributed by atoms with Gasteiger partial charge in [-0.05, 0) is 25.1 Å². The summed E-state index contributed by atoms with van der Waals surface area (Å²) in [4.78, 5) is 15.2. The third-order valence-corrected chi connectivity index (χ3v) is 2.96. The summed E-state index contributed by atoms with van der Waals surface area (Å²) < 4.78 is 23.8. The second-order valence-electron chi connectivity index (χ2n) is 3.82. The normalized spacial score (nSPS) is 12.2. The molecule has 1 unspecified atom stereocenters. The van der Waals surface area contributed by atoms with E-state index >= 15 is 0 Å². The fraction of sp³-hybridized carbons (Fsp3) is 0.250. The van der Waals surface area contributed by atoms with Gasteiger partial charge in [0.15, 0.2) is 5.82 Å². The fourth-order valence-electron chi connectivity index (χ4n) is 1.53. The molecule has 2 rings (SSSR count). The average molecular weight is 344 g/mol. The van der Waals surface area contributed by atoms with Crippen LogP contribution in [0.4, 0.5) is 4.39 Å². The summed E-state index contributed by atoms with van der Waals surface area (Å²) in [6.45, 7) is 1.83. The average Bonchev–Trinajstić information content (AvgIpc) is 2.91. The van der Waals surface area contributed by atoms with E-state index in [1.807, 2.05) is 0 Å². The molecular formula is C12H11BrFN3O3. The number of halogens is 2. The molecule has 0 fully saturated rings. The van der Waals surface area contributed by atoms with Crippen LogP contribution >= 0.6 is 15.9 Å². The molecule has 0 saturated heterocycles. The number of carbonyl (C=O) groups excluding carboxylic acids is 1. The zero-order valence-corrected chi connectivity index (χ0v) is 12.1. The van der Waals surface area contributed by atoms with Gasteiger partial charge in [0.2, 0.25) is 0 Å². The lowest BCUT2D eigenvalue weighted by atomic mass is 10.1. The summed E-state index contributed by atoms with van der Waals surface area (Å²) in [7, 11) is 0. The predicted octanol–water partition coefficient (Wildman–Crippen LogP) is 2.20. The van der Waals surface area contributed by atoms with Gasteiger partial charge in [-0.25, -0.2) is 9.18 Å². The van der Waals surface area contributed by atoms with Crippen LogP contribution in [0.3, 0.4) is 0 Å². The second kappa shape index (κ2) is 6.10. The van der Waals surface area contributed by atoms with Gasteiger partial charge in [0.1, 0.15) is 5.82 Å². The third kappa shape index (κ3) is 3.02. The lowest BCUT2D eigenvalue weighted by Crippen LogP contribution is -2.16. The van der Waals surface area contributed by atoms with Crippen molar-refractivity contribution >= 4 is 21.9 Å². The van der Waals surface area contributed by atoms with Crippen molar-refractivity contribution in [3.63, 3.8) is 0 Å². The van der Waals surface area contributed by atoms with Gasteiger partial charge in [-0.3, -0.25) is 0 Å². The maximum atomic E-state index is 13.7. The largest absolute Gasteiger partial charge is 0.459 e. The number of hydrogen-bond acceptors (Lipinski definition) is 6. The molecule has 1 heterocycles. The number of aromatic nitrogens is 2. The number of hydrogen-bond donors (Lipinski definition) is 1. The highest BCUT2D eigenvalue weighted by Crippen LogP contribution is 2.23. The summed E-state index contributed by atoms with van der Waals surface area (Å²) in [6.07, 6.45) is 0. The SMILES string of the molecule is CCOC(=O)c1nc(C(N)c2cc(Br)ccc2F)no1. The van der Waals surface area contributed by atoms with Crippen molar-refractivity contribution in [3.8, 4) is 0 Å². The number of rotatable bonds is 4. The molecule has 0 aliphatic carbocycles. The Morgan fingerprint density at radius 1 is 1.60 bits per heavy atom. The summed E-state index contributed by atoms with van der Waals surface area (Å²) in [6, 6.07) is 3.39. The van der Waals surface area contributed by atoms with Crippen molar-refractivity contribution in [2.24, 2.45) is 5.73 Å². The first-order valence-corrected chi connectivity index (χ1v) is 6.53. The first-order valence-electron chi connectivity index (χ1n) is 5.74. The van der Waals surface area contributed by atoms with E-state index in [0.717, 1.165) is 0 Å². The molecule has 0 aliphatic rings. The van der Waals surface area contributed by atoms with Crippen molar-refractivity contribution < 1.29 is 18.4 Å². The lowest BCUT2D eigenvalue weighted by molar-refractivity contribution is 0.0470. The van der Waals surface area contributed by atoms with Gasteiger partial charge in [0.25, 0.3) is 0 Å². The van der Waals surface area contributed by atoms with Crippen LogP contribution in [0.2, 0.25) is 0 Å². The van der Waals surface area contributed by atoms with Gasteiger partial charge in [-0.1, -0.05) is 21.1 Å². The first-order chi connectivity index (χ1) is 9.52. The minimum atomic E-state index is -0.945. The molecule has 0 amide bonds. The quantitative estimate of drug-likeness (QED) is 0.855. The summed E-state index contributed by atoms with van der Waals surface area (Å²) >= 11 is 3.23. The van der Waals surface area contributed by atoms with Gasteiger partial charge in [-0.15, -0.1) is 0 Å². The Morgan fingerprint density at radius 3 is 3.05 bits per heavy atom. The van der Waals surface area contributed by atoms with Crippen LogP contribution < -0.4 is 5.73 Å². The molecule has 20 heavy (non-hydrogen) atoms. The number of carbonyl (C=O) groups is 1. The number of nitrogens with two attached hydrogens (primary N) is 1. The number of esters is 1. The molecule has 8 heteroatoms. The van der Waals surface area contributed by atoms with Gasteiger partial charge >= 0.3 is 11.9 Å². The molecule has 0 radical (unpaired) electrons. The summed E-state index contributed by atoms with van der Waals surface area (Å²) in [5, 5.41) is 3.57. The molecule has 1 aromatic heterocycles. The van der Waals surface area contributed by atoms with E-state index in [2.05, 4.69) is 26.1 Å². The fourth-order valence-corrected chi connectivity index (χ4v) is 1.91. The minimum Gasteiger partial charge on any atom is -0.459 e. The van der Waals surface area contributed by atoms with E-state index in [1.165, 1.54) is 12.1 Å². The molecule has 2 aromatic rings. The second-order valence-corrected chi connectivity index (χ2v) is 4.74. The third-order valence-electron chi connectivity index (χ3n) is 2.46. The zero-order chi connectivity index (χ0) is 14.7. The van der Waals surface area contributed by atoms with E-state index in [4.69, 9.17) is 15.0 Å². The smallest absolute Gasteiger partial charge is 0.397 e. The van der Waals surface area contributed by atoms with Gasteiger partial charge in [0, 0.05) is 10.0 Å². The summed E-state index contributed by atoms with van der Waals surface area (Å²) in [5.74, 6) is -1.55. The lowest BCUT2D eigenvalue weighted by Gasteiger charge is -2.08. The molecule has 1 atom stereocenters. The molecular weight excluding hydrogens is 333 g/mol. The maximum Gasteiger partial charge on any atom is 0.397 e. The topological polar surface area (TPSA) is 91.2 Å². The minimum absolute atomic E-state index is 0.00468. The Labute approximate surface area is 122 Å². The van der Waals surface area contributed by atoms with E-state index in [1.54, 1.807) is 13.0 Å². The first kappa shape index (κ1) is 14.6. The molecule has 0 saturated carbocycles. The number of nitrogens with zero attached hydrogens (tertiary/aromatic N) is 2. The molecule has 6 nitrogen and oxygen atoms in total. The van der Waals surface area contributed by atoms with Crippen LogP contribution in [0.15, 0.2) is 27.2 Å². The standard InChI is InChI=1S/C12H11BrFN3O3/c1-2-19-12(18)11-16-10(17-20-11)9(15)7-5-6(13)3-4-8(7)14/h3-5,9H,2,15H2,1H3. The van der Waals surface area contributed by atoms with E-state index < -0.39 is 17.8 Å². The molecule has 0 aliphatic heterocycles. The Kier molecular flexibility index (Phi) is 4.46. The highest BCUT2D eigenvalue weighted by Gasteiger charge is 2.23. The Balaban J connectivity index is 2.27. The summed E-state index contributed by atoms with van der Waals surface area (Å²) in [5.41, 5.74) is 6.07. The molecule has 0 bridgehead atoms. The van der Waals surface area contributed by atoms with Crippen molar-refractivity contribution in [3.05, 3.63) is 45.8 Å². The van der Waals surface area contributed by atoms with Gasteiger partial charge in [0.05, 0.1) is 12.6 Å². The van der Waals surface area contributed by atoms with Crippen LogP contribution in [-0.4, -0.2) is 22.7 Å². The van der Waals surface area contributed by atoms with Gasteiger partial charge < -0.3 is 15.0 Å². The van der Waals surface area contributed by atoms with Crippen molar-refractivity contribution in [2.45, 2.75) is 13.0 Å². The molecule has 1 aromatic carbocycles. The van der Waals surface area contributed by atoms with Crippen molar-refractivity contribution in [2.75, 3.05) is 6.61 Å². The molecule has 2 N–H and O–H groups in total. The number of benzene rings is 1. The number of ether oxygens (including phenoxy) is 1. The van der Waals surface area contributed by atoms with Crippen LogP contribution in [0.1, 0.15) is 35.0 Å². The van der Waals surface area contributed by atoms with Crippen LogP contribution in [0.5, 0.6) is 0 Å². The monoisotopic (exact) mass is 343 g/mol. The van der Waals surface area contributed by atoms with E-state index in [0.29, 0.717) is 4.47 Å². The Bertz CT molecular complexity index is 632. The van der Waals surface area contributed by atoms with Crippen molar-refractivity contribution in [1.29, 1.82) is 0 Å².